The average Bonchev–Trinajstić information content (AvgIpc) is 3.15. The van der Waals surface area contributed by atoms with E-state index in [1.54, 1.807) is 17.9 Å². The van der Waals surface area contributed by atoms with Crippen molar-refractivity contribution in [2.75, 3.05) is 20.3 Å². The van der Waals surface area contributed by atoms with Gasteiger partial charge in [0.05, 0.1) is 25.9 Å². The van der Waals surface area contributed by atoms with Gasteiger partial charge in [-0.05, 0) is 30.5 Å². The van der Waals surface area contributed by atoms with Gasteiger partial charge in [0.15, 0.2) is 5.65 Å². The van der Waals surface area contributed by atoms with Crippen LogP contribution < -0.4 is 10.3 Å². The summed E-state index contributed by atoms with van der Waals surface area (Å²) >= 11 is 0. The van der Waals surface area contributed by atoms with Gasteiger partial charge in [0.25, 0.3) is 5.56 Å². The summed E-state index contributed by atoms with van der Waals surface area (Å²) in [5.41, 5.74) is 1.68. The molecule has 3 aromatic rings. The molecule has 1 aliphatic rings. The van der Waals surface area contributed by atoms with E-state index < -0.39 is 0 Å². The Bertz CT molecular complexity index is 1010. The van der Waals surface area contributed by atoms with Gasteiger partial charge in [0.2, 0.25) is 0 Å². The van der Waals surface area contributed by atoms with Gasteiger partial charge in [-0.25, -0.2) is 9.67 Å². The largest absolute Gasteiger partial charge is 0.497 e. The molecule has 1 aromatic carbocycles. The third-order valence-electron chi connectivity index (χ3n) is 5.29. The van der Waals surface area contributed by atoms with E-state index >= 15 is 0 Å². The molecule has 0 saturated carbocycles. The number of rotatable bonds is 5. The van der Waals surface area contributed by atoms with Crippen molar-refractivity contribution in [3.63, 3.8) is 0 Å². The minimum absolute atomic E-state index is 0.0390. The number of fused-ring (bicyclic) bond motifs is 1. The standard InChI is InChI=1S/C21H26N4O3/c1-14(2)19-23-20-18(12-22-25(20)16-8-10-28-11-9-16)21(26)24(19)13-15-4-6-17(27-3)7-5-15/h4-7,12,14,16H,8-11,13H2,1-3H3. The van der Waals surface area contributed by atoms with Crippen LogP contribution in [0.1, 0.15) is 50.0 Å². The molecule has 28 heavy (non-hydrogen) atoms. The summed E-state index contributed by atoms with van der Waals surface area (Å²) in [7, 11) is 1.64. The first-order valence-corrected chi connectivity index (χ1v) is 9.77. The van der Waals surface area contributed by atoms with E-state index in [2.05, 4.69) is 18.9 Å². The molecule has 0 bridgehead atoms. The highest BCUT2D eigenvalue weighted by Crippen LogP contribution is 2.24. The molecule has 0 atom stereocenters. The van der Waals surface area contributed by atoms with Crippen LogP contribution in [0.4, 0.5) is 0 Å². The fraction of sp³-hybridized carbons (Fsp3) is 0.476. The Morgan fingerprint density at radius 3 is 2.57 bits per heavy atom. The molecule has 1 saturated heterocycles. The van der Waals surface area contributed by atoms with Crippen LogP contribution in [-0.2, 0) is 11.3 Å². The van der Waals surface area contributed by atoms with Crippen LogP contribution in [0.25, 0.3) is 11.0 Å². The van der Waals surface area contributed by atoms with E-state index in [-0.39, 0.29) is 17.5 Å². The van der Waals surface area contributed by atoms with Crippen molar-refractivity contribution < 1.29 is 9.47 Å². The van der Waals surface area contributed by atoms with Crippen LogP contribution in [0.2, 0.25) is 0 Å². The summed E-state index contributed by atoms with van der Waals surface area (Å²) < 4.78 is 14.4. The number of aromatic nitrogens is 4. The van der Waals surface area contributed by atoms with Crippen molar-refractivity contribution in [3.8, 4) is 5.75 Å². The number of benzene rings is 1. The first kappa shape index (κ1) is 18.7. The second kappa shape index (κ2) is 7.75. The van der Waals surface area contributed by atoms with E-state index in [4.69, 9.17) is 14.5 Å². The minimum atomic E-state index is -0.0390. The van der Waals surface area contributed by atoms with E-state index in [1.165, 1.54) is 0 Å². The van der Waals surface area contributed by atoms with Crippen LogP contribution in [-0.4, -0.2) is 39.7 Å². The number of ether oxygens (including phenoxy) is 2. The van der Waals surface area contributed by atoms with Crippen molar-refractivity contribution in [2.24, 2.45) is 0 Å². The number of hydrogen-bond acceptors (Lipinski definition) is 5. The van der Waals surface area contributed by atoms with E-state index in [1.807, 2.05) is 28.9 Å². The minimum Gasteiger partial charge on any atom is -0.497 e. The molecule has 0 aliphatic carbocycles. The molecule has 0 N–H and O–H groups in total. The van der Waals surface area contributed by atoms with E-state index in [9.17, 15) is 4.79 Å². The lowest BCUT2D eigenvalue weighted by Gasteiger charge is -2.23. The number of methoxy groups -OCH3 is 1. The SMILES string of the molecule is COc1ccc(Cn2c(C(C)C)nc3c(cnn3C3CCOCC3)c2=O)cc1. The quantitative estimate of drug-likeness (QED) is 0.678. The number of hydrogen-bond donors (Lipinski definition) is 0. The van der Waals surface area contributed by atoms with Crippen molar-refractivity contribution in [2.45, 2.75) is 45.2 Å². The zero-order chi connectivity index (χ0) is 19.7. The molecule has 7 heteroatoms. The Balaban J connectivity index is 1.78. The van der Waals surface area contributed by atoms with E-state index in [0.29, 0.717) is 17.6 Å². The lowest BCUT2D eigenvalue weighted by atomic mass is 10.1. The monoisotopic (exact) mass is 382 g/mol. The van der Waals surface area contributed by atoms with Gasteiger partial charge in [0.1, 0.15) is 17.0 Å². The Kier molecular flexibility index (Phi) is 5.17. The molecule has 0 amide bonds. The Morgan fingerprint density at radius 1 is 1.21 bits per heavy atom. The summed E-state index contributed by atoms with van der Waals surface area (Å²) in [5, 5.41) is 5.09. The first-order valence-electron chi connectivity index (χ1n) is 9.77. The highest BCUT2D eigenvalue weighted by Gasteiger charge is 2.23. The van der Waals surface area contributed by atoms with Crippen LogP contribution >= 0.6 is 0 Å². The maximum absolute atomic E-state index is 13.3. The maximum atomic E-state index is 13.3. The summed E-state index contributed by atoms with van der Waals surface area (Å²) in [6.07, 6.45) is 3.45. The van der Waals surface area contributed by atoms with Gasteiger partial charge >= 0.3 is 0 Å². The van der Waals surface area contributed by atoms with Crippen LogP contribution in [0, 0.1) is 0 Å². The lowest BCUT2D eigenvalue weighted by molar-refractivity contribution is 0.0673. The zero-order valence-electron chi connectivity index (χ0n) is 16.6. The van der Waals surface area contributed by atoms with Gasteiger partial charge in [-0.15, -0.1) is 0 Å². The molecule has 0 spiro atoms. The second-order valence-electron chi connectivity index (χ2n) is 7.53. The molecule has 0 unspecified atom stereocenters. The first-order chi connectivity index (χ1) is 13.6. The predicted molar refractivity (Wildman–Crippen MR) is 107 cm³/mol. The van der Waals surface area contributed by atoms with Crippen molar-refractivity contribution in [3.05, 3.63) is 52.2 Å². The normalized spacial score (nSPS) is 15.4. The Morgan fingerprint density at radius 2 is 1.93 bits per heavy atom. The van der Waals surface area contributed by atoms with Crippen LogP contribution in [0.15, 0.2) is 35.3 Å². The van der Waals surface area contributed by atoms with Crippen molar-refractivity contribution in [1.29, 1.82) is 0 Å². The van der Waals surface area contributed by atoms with Gasteiger partial charge in [-0.2, -0.15) is 5.10 Å². The zero-order valence-corrected chi connectivity index (χ0v) is 16.6. The fourth-order valence-corrected chi connectivity index (χ4v) is 3.74. The Hall–Kier alpha value is -2.67. The molecule has 148 valence electrons. The van der Waals surface area contributed by atoms with Gasteiger partial charge < -0.3 is 9.47 Å². The smallest absolute Gasteiger partial charge is 0.264 e. The summed E-state index contributed by atoms with van der Waals surface area (Å²) in [6, 6.07) is 8.00. The highest BCUT2D eigenvalue weighted by molar-refractivity contribution is 5.73. The van der Waals surface area contributed by atoms with Gasteiger partial charge in [-0.3, -0.25) is 9.36 Å². The van der Waals surface area contributed by atoms with Crippen LogP contribution in [0.3, 0.4) is 0 Å². The molecule has 2 aromatic heterocycles. The third kappa shape index (κ3) is 3.42. The topological polar surface area (TPSA) is 71.2 Å². The molecular formula is C21H26N4O3. The summed E-state index contributed by atoms with van der Waals surface area (Å²) in [5.74, 6) is 1.70. The lowest BCUT2D eigenvalue weighted by Crippen LogP contribution is -2.27. The molecule has 7 nitrogen and oxygen atoms in total. The van der Waals surface area contributed by atoms with Gasteiger partial charge in [0, 0.05) is 19.1 Å². The second-order valence-corrected chi connectivity index (χ2v) is 7.53. The molecular weight excluding hydrogens is 356 g/mol. The fourth-order valence-electron chi connectivity index (χ4n) is 3.74. The molecule has 3 heterocycles. The molecule has 1 aliphatic heterocycles. The molecule has 0 radical (unpaired) electrons. The number of nitrogens with zero attached hydrogens (tertiary/aromatic N) is 4. The molecule has 4 rings (SSSR count). The predicted octanol–water partition coefficient (Wildman–Crippen LogP) is 3.12. The molecule has 1 fully saturated rings. The van der Waals surface area contributed by atoms with Gasteiger partial charge in [-0.1, -0.05) is 26.0 Å². The maximum Gasteiger partial charge on any atom is 0.264 e. The van der Waals surface area contributed by atoms with E-state index in [0.717, 1.165) is 43.2 Å². The van der Waals surface area contributed by atoms with Crippen molar-refractivity contribution in [1.82, 2.24) is 19.3 Å². The average molecular weight is 382 g/mol. The third-order valence-corrected chi connectivity index (χ3v) is 5.29. The summed E-state index contributed by atoms with van der Waals surface area (Å²) in [6.45, 7) is 6.04. The Labute approximate surface area is 163 Å². The van der Waals surface area contributed by atoms with Crippen molar-refractivity contribution >= 4 is 11.0 Å². The highest BCUT2D eigenvalue weighted by atomic mass is 16.5. The summed E-state index contributed by atoms with van der Waals surface area (Å²) in [4.78, 5) is 18.2. The van der Waals surface area contributed by atoms with Crippen LogP contribution in [0.5, 0.6) is 5.75 Å².